The molecule has 18 heavy (non-hydrogen) atoms. The first kappa shape index (κ1) is 11.5. The van der Waals surface area contributed by atoms with Crippen LogP contribution in [0, 0.1) is 0 Å². The molecule has 0 amide bonds. The number of aromatic amines is 1. The van der Waals surface area contributed by atoms with Crippen molar-refractivity contribution in [2.24, 2.45) is 5.73 Å². The zero-order chi connectivity index (χ0) is 12.5. The lowest BCUT2D eigenvalue weighted by Crippen LogP contribution is -2.47. The third kappa shape index (κ3) is 2.05. The van der Waals surface area contributed by atoms with E-state index in [0.29, 0.717) is 17.7 Å². The Kier molecular flexibility index (Phi) is 2.91. The number of benzene rings is 1. The monoisotopic (exact) mass is 249 g/mol. The second-order valence-electron chi connectivity index (χ2n) is 4.43. The van der Waals surface area contributed by atoms with E-state index >= 15 is 0 Å². The Morgan fingerprint density at radius 2 is 2.33 bits per heavy atom. The molecular formula is C12H15N3O3. The predicted octanol–water partition coefficient (Wildman–Crippen LogP) is 0.109. The number of nitrogens with two attached hydrogens (primary N) is 1. The van der Waals surface area contributed by atoms with Crippen molar-refractivity contribution in [3.8, 4) is 0 Å². The van der Waals surface area contributed by atoms with Crippen LogP contribution in [0.15, 0.2) is 27.4 Å². The molecule has 4 N–H and O–H groups in total. The van der Waals surface area contributed by atoms with Crippen LogP contribution >= 0.6 is 0 Å². The fourth-order valence-corrected chi connectivity index (χ4v) is 2.22. The lowest BCUT2D eigenvalue weighted by molar-refractivity contribution is 0.0685. The molecule has 1 fully saturated rings. The van der Waals surface area contributed by atoms with Gasteiger partial charge in [0.2, 0.25) is 0 Å². The molecule has 0 saturated carbocycles. The molecule has 2 aromatic rings. The molecule has 1 aromatic heterocycles. The van der Waals surface area contributed by atoms with Crippen LogP contribution in [0.5, 0.6) is 0 Å². The van der Waals surface area contributed by atoms with Gasteiger partial charge in [0.15, 0.2) is 5.58 Å². The van der Waals surface area contributed by atoms with Crippen molar-refractivity contribution in [2.45, 2.75) is 12.1 Å². The summed E-state index contributed by atoms with van der Waals surface area (Å²) < 4.78 is 10.4. The zero-order valence-corrected chi connectivity index (χ0v) is 9.81. The molecule has 0 spiro atoms. The van der Waals surface area contributed by atoms with Crippen molar-refractivity contribution in [1.29, 1.82) is 0 Å². The molecule has 2 unspecified atom stereocenters. The summed E-state index contributed by atoms with van der Waals surface area (Å²) in [7, 11) is 0. The highest BCUT2D eigenvalue weighted by atomic mass is 16.5. The van der Waals surface area contributed by atoms with Gasteiger partial charge in [0.25, 0.3) is 0 Å². The number of ether oxygens (including phenoxy) is 1. The van der Waals surface area contributed by atoms with Crippen LogP contribution < -0.4 is 16.8 Å². The average molecular weight is 249 g/mol. The topological polar surface area (TPSA) is 93.3 Å². The van der Waals surface area contributed by atoms with Crippen molar-refractivity contribution in [3.63, 3.8) is 0 Å². The molecule has 96 valence electrons. The SMILES string of the molecule is NC(c1ccc2[nH]c(=O)oc2c1)C1COCCN1. The molecule has 2 atom stereocenters. The standard InChI is InChI=1S/C12H15N3O3/c13-11(9-6-17-4-3-14-9)7-1-2-8-10(5-7)18-12(16)15-8/h1-2,5,9,11,14H,3-4,6,13H2,(H,15,16). The minimum absolute atomic E-state index is 0.0851. The zero-order valence-electron chi connectivity index (χ0n) is 9.81. The van der Waals surface area contributed by atoms with Crippen molar-refractivity contribution in [3.05, 3.63) is 34.3 Å². The summed E-state index contributed by atoms with van der Waals surface area (Å²) in [5.74, 6) is -0.449. The summed E-state index contributed by atoms with van der Waals surface area (Å²) in [6.45, 7) is 2.12. The third-order valence-electron chi connectivity index (χ3n) is 3.21. The molecule has 0 bridgehead atoms. The number of hydrogen-bond donors (Lipinski definition) is 3. The molecule has 2 heterocycles. The van der Waals surface area contributed by atoms with Gasteiger partial charge in [-0.1, -0.05) is 6.07 Å². The van der Waals surface area contributed by atoms with Crippen LogP contribution in [0.1, 0.15) is 11.6 Å². The minimum Gasteiger partial charge on any atom is -0.408 e. The molecular weight excluding hydrogens is 234 g/mol. The Balaban J connectivity index is 1.90. The normalized spacial score (nSPS) is 22.2. The Morgan fingerprint density at radius 1 is 1.44 bits per heavy atom. The molecule has 3 rings (SSSR count). The van der Waals surface area contributed by atoms with Gasteiger partial charge < -0.3 is 20.2 Å². The van der Waals surface area contributed by atoms with Crippen LogP contribution in [0.2, 0.25) is 0 Å². The van der Waals surface area contributed by atoms with Crippen molar-refractivity contribution in [1.82, 2.24) is 10.3 Å². The summed E-state index contributed by atoms with van der Waals surface area (Å²) >= 11 is 0. The highest BCUT2D eigenvalue weighted by Crippen LogP contribution is 2.20. The van der Waals surface area contributed by atoms with Crippen LogP contribution in [-0.4, -0.2) is 30.8 Å². The van der Waals surface area contributed by atoms with Crippen molar-refractivity contribution >= 4 is 11.1 Å². The average Bonchev–Trinajstić information content (AvgIpc) is 2.78. The number of nitrogens with one attached hydrogen (secondary N) is 2. The van der Waals surface area contributed by atoms with Gasteiger partial charge in [-0.15, -0.1) is 0 Å². The lowest BCUT2D eigenvalue weighted by Gasteiger charge is -2.29. The number of rotatable bonds is 2. The van der Waals surface area contributed by atoms with Gasteiger partial charge in [0, 0.05) is 18.6 Å². The summed E-state index contributed by atoms with van der Waals surface area (Å²) in [5.41, 5.74) is 8.34. The number of morpholine rings is 1. The summed E-state index contributed by atoms with van der Waals surface area (Å²) in [5, 5.41) is 3.32. The quantitative estimate of drug-likeness (QED) is 0.702. The van der Waals surface area contributed by atoms with E-state index in [0.717, 1.165) is 18.7 Å². The summed E-state index contributed by atoms with van der Waals surface area (Å²) in [4.78, 5) is 13.7. The molecule has 0 radical (unpaired) electrons. The molecule has 0 aliphatic carbocycles. The third-order valence-corrected chi connectivity index (χ3v) is 3.21. The Morgan fingerprint density at radius 3 is 3.11 bits per heavy atom. The van der Waals surface area contributed by atoms with E-state index in [2.05, 4.69) is 10.3 Å². The molecule has 6 nitrogen and oxygen atoms in total. The number of oxazole rings is 1. The smallest absolute Gasteiger partial charge is 0.408 e. The van der Waals surface area contributed by atoms with E-state index in [9.17, 15) is 4.79 Å². The summed E-state index contributed by atoms with van der Waals surface area (Å²) in [6.07, 6.45) is 0. The van der Waals surface area contributed by atoms with Crippen LogP contribution in [0.25, 0.3) is 11.1 Å². The maximum atomic E-state index is 11.1. The van der Waals surface area contributed by atoms with Gasteiger partial charge in [-0.2, -0.15) is 0 Å². The van der Waals surface area contributed by atoms with Gasteiger partial charge in [0.05, 0.1) is 18.7 Å². The molecule has 1 aromatic carbocycles. The lowest BCUT2D eigenvalue weighted by atomic mass is 10.00. The maximum absolute atomic E-state index is 11.1. The van der Waals surface area contributed by atoms with Gasteiger partial charge in [-0.3, -0.25) is 4.98 Å². The van der Waals surface area contributed by atoms with Gasteiger partial charge in [-0.25, -0.2) is 4.79 Å². The molecule has 1 saturated heterocycles. The van der Waals surface area contributed by atoms with E-state index in [1.807, 2.05) is 6.07 Å². The van der Waals surface area contributed by atoms with E-state index < -0.39 is 5.76 Å². The van der Waals surface area contributed by atoms with E-state index in [4.69, 9.17) is 14.9 Å². The van der Waals surface area contributed by atoms with Gasteiger partial charge in [-0.05, 0) is 17.7 Å². The second kappa shape index (κ2) is 4.56. The Labute approximate surface area is 103 Å². The van der Waals surface area contributed by atoms with Crippen LogP contribution in [-0.2, 0) is 4.74 Å². The first-order valence-electron chi connectivity index (χ1n) is 5.93. The van der Waals surface area contributed by atoms with Crippen LogP contribution in [0.4, 0.5) is 0 Å². The van der Waals surface area contributed by atoms with Crippen LogP contribution in [0.3, 0.4) is 0 Å². The minimum atomic E-state index is -0.449. The van der Waals surface area contributed by atoms with Crippen molar-refractivity contribution in [2.75, 3.05) is 19.8 Å². The number of hydrogen-bond acceptors (Lipinski definition) is 5. The van der Waals surface area contributed by atoms with Gasteiger partial charge in [0.1, 0.15) is 0 Å². The highest BCUT2D eigenvalue weighted by Gasteiger charge is 2.22. The molecule has 6 heteroatoms. The summed E-state index contributed by atoms with van der Waals surface area (Å²) in [6, 6.07) is 5.40. The first-order chi connectivity index (χ1) is 8.74. The largest absolute Gasteiger partial charge is 0.417 e. The van der Waals surface area contributed by atoms with E-state index in [-0.39, 0.29) is 12.1 Å². The van der Waals surface area contributed by atoms with Gasteiger partial charge >= 0.3 is 5.76 Å². The van der Waals surface area contributed by atoms with E-state index in [1.165, 1.54) is 0 Å². The van der Waals surface area contributed by atoms with Crippen molar-refractivity contribution < 1.29 is 9.15 Å². The Bertz CT molecular complexity index is 598. The fourth-order valence-electron chi connectivity index (χ4n) is 2.22. The predicted molar refractivity (Wildman–Crippen MR) is 66.4 cm³/mol. The maximum Gasteiger partial charge on any atom is 0.417 e. The number of fused-ring (bicyclic) bond motifs is 1. The fraction of sp³-hybridized carbons (Fsp3) is 0.417. The first-order valence-corrected chi connectivity index (χ1v) is 5.93. The Hall–Kier alpha value is -1.63. The van der Waals surface area contributed by atoms with E-state index in [1.54, 1.807) is 12.1 Å². The second-order valence-corrected chi connectivity index (χ2v) is 4.43. The number of aromatic nitrogens is 1. The number of H-pyrrole nitrogens is 1. The molecule has 1 aliphatic rings. The molecule has 1 aliphatic heterocycles. The highest BCUT2D eigenvalue weighted by molar-refractivity contribution is 5.72.